The van der Waals surface area contributed by atoms with E-state index in [-0.39, 0.29) is 0 Å². The van der Waals surface area contributed by atoms with Crippen molar-refractivity contribution < 1.29 is 4.42 Å². The molecule has 0 spiro atoms. The van der Waals surface area contributed by atoms with Crippen molar-refractivity contribution in [3.63, 3.8) is 0 Å². The number of para-hydroxylation sites is 3. The van der Waals surface area contributed by atoms with Gasteiger partial charge in [0.15, 0.2) is 0 Å². The van der Waals surface area contributed by atoms with Crippen molar-refractivity contribution >= 4 is 82.4 Å². The van der Waals surface area contributed by atoms with Gasteiger partial charge in [-0.25, -0.2) is 0 Å². The summed E-state index contributed by atoms with van der Waals surface area (Å²) in [5.74, 6) is 0. The van der Waals surface area contributed by atoms with Gasteiger partial charge in [-0.1, -0.05) is 121 Å². The number of rotatable bonds is 5. The second-order valence-electron chi connectivity index (χ2n) is 14.2. The highest BCUT2D eigenvalue weighted by Gasteiger charge is 2.22. The fourth-order valence-corrected chi connectivity index (χ4v) is 8.65. The SMILES string of the molecule is Cc1cc(-c2cc3c(c4ccccc24)c2ccc4ccccc4c2n3-c2ccc3c(c2)oc2ccccc23)cc(N(c2ccccc2)c2ccccc2)c1. The fourth-order valence-electron chi connectivity index (χ4n) is 8.65. The van der Waals surface area contributed by atoms with E-state index in [1.807, 2.05) is 12.1 Å². The molecule has 0 aliphatic rings. The quantitative estimate of drug-likeness (QED) is 0.179. The van der Waals surface area contributed by atoms with Crippen molar-refractivity contribution in [2.24, 2.45) is 0 Å². The summed E-state index contributed by atoms with van der Waals surface area (Å²) in [4.78, 5) is 2.35. The molecule has 11 aromatic rings. The molecule has 254 valence electrons. The Kier molecular flexibility index (Phi) is 6.77. The topological polar surface area (TPSA) is 21.3 Å². The van der Waals surface area contributed by atoms with Crippen molar-refractivity contribution in [2.75, 3.05) is 4.90 Å². The van der Waals surface area contributed by atoms with Crippen molar-refractivity contribution in [3.8, 4) is 16.8 Å². The van der Waals surface area contributed by atoms with Crippen molar-refractivity contribution in [2.45, 2.75) is 6.92 Å². The summed E-state index contributed by atoms with van der Waals surface area (Å²) in [5, 5.41) is 9.65. The number of hydrogen-bond acceptors (Lipinski definition) is 2. The largest absolute Gasteiger partial charge is 0.456 e. The molecule has 2 aromatic heterocycles. The van der Waals surface area contributed by atoms with E-state index in [1.54, 1.807) is 0 Å². The Morgan fingerprint density at radius 3 is 1.85 bits per heavy atom. The van der Waals surface area contributed by atoms with Crippen LogP contribution in [0.25, 0.3) is 82.1 Å². The van der Waals surface area contributed by atoms with Gasteiger partial charge in [-0.05, 0) is 100 Å². The maximum Gasteiger partial charge on any atom is 0.137 e. The van der Waals surface area contributed by atoms with Crippen LogP contribution in [0.4, 0.5) is 17.1 Å². The van der Waals surface area contributed by atoms with Crippen LogP contribution in [0.5, 0.6) is 0 Å². The van der Waals surface area contributed by atoms with Crippen LogP contribution < -0.4 is 4.90 Å². The molecule has 3 heteroatoms. The Hall–Kier alpha value is -7.10. The van der Waals surface area contributed by atoms with E-state index in [2.05, 4.69) is 192 Å². The molecule has 0 saturated heterocycles. The lowest BCUT2D eigenvalue weighted by Crippen LogP contribution is -2.10. The minimum atomic E-state index is 0.884. The molecular formula is C51H34N2O. The van der Waals surface area contributed by atoms with Gasteiger partial charge in [0.25, 0.3) is 0 Å². The number of aromatic nitrogens is 1. The number of aryl methyl sites for hydroxylation is 1. The van der Waals surface area contributed by atoms with E-state index in [1.165, 1.54) is 54.5 Å². The number of hydrogen-bond donors (Lipinski definition) is 0. The number of nitrogens with zero attached hydrogens (tertiary/aromatic N) is 2. The summed E-state index contributed by atoms with van der Waals surface area (Å²) in [6.45, 7) is 2.20. The van der Waals surface area contributed by atoms with E-state index in [0.29, 0.717) is 0 Å². The predicted molar refractivity (Wildman–Crippen MR) is 228 cm³/mol. The smallest absolute Gasteiger partial charge is 0.137 e. The maximum atomic E-state index is 6.47. The van der Waals surface area contributed by atoms with Crippen LogP contribution in [0.2, 0.25) is 0 Å². The van der Waals surface area contributed by atoms with E-state index >= 15 is 0 Å². The van der Waals surface area contributed by atoms with Crippen molar-refractivity contribution in [1.29, 1.82) is 0 Å². The molecule has 0 aliphatic carbocycles. The lowest BCUT2D eigenvalue weighted by atomic mass is 9.93. The third-order valence-electron chi connectivity index (χ3n) is 10.9. The Labute approximate surface area is 312 Å². The van der Waals surface area contributed by atoms with Crippen molar-refractivity contribution in [1.82, 2.24) is 4.57 Å². The molecule has 2 heterocycles. The molecule has 0 fully saturated rings. The Bertz CT molecular complexity index is 3190. The Morgan fingerprint density at radius 2 is 1.07 bits per heavy atom. The highest BCUT2D eigenvalue weighted by atomic mass is 16.3. The van der Waals surface area contributed by atoms with Gasteiger partial charge in [-0.2, -0.15) is 0 Å². The van der Waals surface area contributed by atoms with E-state index < -0.39 is 0 Å². The number of fused-ring (bicyclic) bond motifs is 10. The summed E-state index contributed by atoms with van der Waals surface area (Å²) in [5.41, 5.74) is 12.2. The Morgan fingerprint density at radius 1 is 0.444 bits per heavy atom. The summed E-state index contributed by atoms with van der Waals surface area (Å²) in [7, 11) is 0. The molecular weight excluding hydrogens is 657 g/mol. The van der Waals surface area contributed by atoms with Crippen LogP contribution in [0, 0.1) is 6.92 Å². The molecule has 0 N–H and O–H groups in total. The molecule has 0 bridgehead atoms. The van der Waals surface area contributed by atoms with Gasteiger partial charge < -0.3 is 13.9 Å². The predicted octanol–water partition coefficient (Wildman–Crippen LogP) is 14.4. The summed E-state index contributed by atoms with van der Waals surface area (Å²) in [6.07, 6.45) is 0. The first kappa shape index (κ1) is 30.5. The summed E-state index contributed by atoms with van der Waals surface area (Å²) < 4.78 is 8.93. The second-order valence-corrected chi connectivity index (χ2v) is 14.2. The zero-order valence-corrected chi connectivity index (χ0v) is 29.7. The molecule has 0 radical (unpaired) electrons. The molecule has 54 heavy (non-hydrogen) atoms. The lowest BCUT2D eigenvalue weighted by Gasteiger charge is -2.26. The third-order valence-corrected chi connectivity index (χ3v) is 10.9. The van der Waals surface area contributed by atoms with E-state index in [4.69, 9.17) is 4.42 Å². The first-order valence-corrected chi connectivity index (χ1v) is 18.5. The fraction of sp³-hybridized carbons (Fsp3) is 0.0196. The lowest BCUT2D eigenvalue weighted by molar-refractivity contribution is 0.668. The molecule has 0 amide bonds. The third kappa shape index (κ3) is 4.69. The highest BCUT2D eigenvalue weighted by Crippen LogP contribution is 2.45. The van der Waals surface area contributed by atoms with E-state index in [9.17, 15) is 0 Å². The van der Waals surface area contributed by atoms with Crippen LogP contribution in [0.15, 0.2) is 192 Å². The van der Waals surface area contributed by atoms with Gasteiger partial charge in [-0.3, -0.25) is 0 Å². The minimum Gasteiger partial charge on any atom is -0.456 e. The van der Waals surface area contributed by atoms with Gasteiger partial charge in [-0.15, -0.1) is 0 Å². The highest BCUT2D eigenvalue weighted by molar-refractivity contribution is 6.28. The first-order valence-electron chi connectivity index (χ1n) is 18.5. The number of furan rings is 1. The summed E-state index contributed by atoms with van der Waals surface area (Å²) in [6, 6.07) is 67.9. The normalized spacial score (nSPS) is 11.8. The van der Waals surface area contributed by atoms with E-state index in [0.717, 1.165) is 50.2 Å². The standard InChI is InChI=1S/C51H34N2O/c1-33-28-35(30-39(29-33)52(36-15-4-2-5-16-36)37-17-6-3-7-18-37)46-32-47-50(44-22-11-10-20-41(44)46)45-26-24-34-14-8-9-19-40(34)51(45)53(47)38-25-27-43-42-21-12-13-23-48(42)54-49(43)31-38/h2-32H,1H3. The molecule has 0 aliphatic heterocycles. The van der Waals surface area contributed by atoms with Gasteiger partial charge in [0.1, 0.15) is 11.2 Å². The van der Waals surface area contributed by atoms with Gasteiger partial charge >= 0.3 is 0 Å². The van der Waals surface area contributed by atoms with Crippen LogP contribution in [-0.4, -0.2) is 4.57 Å². The van der Waals surface area contributed by atoms with Crippen LogP contribution in [0.1, 0.15) is 5.56 Å². The average molecular weight is 691 g/mol. The number of benzene rings is 9. The van der Waals surface area contributed by atoms with Gasteiger partial charge in [0.2, 0.25) is 0 Å². The maximum absolute atomic E-state index is 6.47. The van der Waals surface area contributed by atoms with Crippen LogP contribution >= 0.6 is 0 Å². The van der Waals surface area contributed by atoms with Crippen LogP contribution in [-0.2, 0) is 0 Å². The zero-order chi connectivity index (χ0) is 35.8. The van der Waals surface area contributed by atoms with Gasteiger partial charge in [0, 0.05) is 55.7 Å². The molecule has 9 aromatic carbocycles. The second kappa shape index (κ2) is 12.0. The monoisotopic (exact) mass is 690 g/mol. The molecule has 3 nitrogen and oxygen atoms in total. The molecule has 11 rings (SSSR count). The van der Waals surface area contributed by atoms with Crippen LogP contribution in [0.3, 0.4) is 0 Å². The molecule has 0 saturated carbocycles. The average Bonchev–Trinajstić information content (AvgIpc) is 3.77. The Balaban J connectivity index is 1.23. The van der Waals surface area contributed by atoms with Crippen molar-refractivity contribution in [3.05, 3.63) is 194 Å². The van der Waals surface area contributed by atoms with Gasteiger partial charge in [0.05, 0.1) is 11.0 Å². The number of anilines is 3. The first-order chi connectivity index (χ1) is 26.7. The minimum absolute atomic E-state index is 0.884. The molecule has 0 unspecified atom stereocenters. The molecule has 0 atom stereocenters. The summed E-state index contributed by atoms with van der Waals surface area (Å²) >= 11 is 0. The zero-order valence-electron chi connectivity index (χ0n) is 29.7.